The molecule has 6 nitrogen and oxygen atoms in total. The van der Waals surface area contributed by atoms with Gasteiger partial charge in [-0.2, -0.15) is 0 Å². The Bertz CT molecular complexity index is 829. The van der Waals surface area contributed by atoms with Crippen LogP contribution >= 0.6 is 0 Å². The Labute approximate surface area is 171 Å². The van der Waals surface area contributed by atoms with Crippen LogP contribution in [0.15, 0.2) is 54.6 Å². The van der Waals surface area contributed by atoms with Crippen molar-refractivity contribution in [2.75, 3.05) is 13.7 Å². The maximum Gasteiger partial charge on any atom is 0.342 e. The topological polar surface area (TPSA) is 73.9 Å². The van der Waals surface area contributed by atoms with E-state index in [0.717, 1.165) is 11.1 Å². The fraction of sp³-hybridized carbons (Fsp3) is 0.304. The fourth-order valence-corrected chi connectivity index (χ4v) is 2.72. The lowest BCUT2D eigenvalue weighted by Crippen LogP contribution is -2.43. The zero-order chi connectivity index (χ0) is 20.9. The second kappa shape index (κ2) is 12.2. The van der Waals surface area contributed by atoms with Crippen molar-refractivity contribution in [1.29, 1.82) is 0 Å². The molecule has 0 bridgehead atoms. The predicted molar refractivity (Wildman–Crippen MR) is 109 cm³/mol. The first kappa shape index (κ1) is 22.0. The monoisotopic (exact) mass is 395 g/mol. The van der Waals surface area contributed by atoms with Crippen LogP contribution in [-0.4, -0.2) is 31.6 Å². The van der Waals surface area contributed by atoms with Crippen LogP contribution in [0.1, 0.15) is 24.0 Å². The Morgan fingerprint density at radius 3 is 2.59 bits per heavy atom. The van der Waals surface area contributed by atoms with E-state index in [1.807, 2.05) is 48.6 Å². The molecule has 1 amide bonds. The quantitative estimate of drug-likeness (QED) is 0.360. The number of carbonyl (C=O) groups is 2. The molecule has 0 aromatic heterocycles. The molecule has 0 spiro atoms. The minimum Gasteiger partial charge on any atom is -0.497 e. The third kappa shape index (κ3) is 8.08. The summed E-state index contributed by atoms with van der Waals surface area (Å²) in [5, 5.41) is 2.69. The van der Waals surface area contributed by atoms with E-state index in [1.165, 1.54) is 0 Å². The van der Waals surface area contributed by atoms with Gasteiger partial charge in [-0.25, -0.2) is 4.79 Å². The number of rotatable bonds is 11. The van der Waals surface area contributed by atoms with Crippen LogP contribution < -0.4 is 10.1 Å². The van der Waals surface area contributed by atoms with Gasteiger partial charge in [0.2, 0.25) is 5.91 Å². The molecule has 1 N–H and O–H groups in total. The average Bonchev–Trinajstić information content (AvgIpc) is 2.74. The van der Waals surface area contributed by atoms with Crippen LogP contribution in [0.4, 0.5) is 0 Å². The number of carbonyl (C=O) groups excluding carboxylic acids is 2. The second-order valence-corrected chi connectivity index (χ2v) is 6.36. The zero-order valence-electron chi connectivity index (χ0n) is 16.4. The highest BCUT2D eigenvalue weighted by molar-refractivity contribution is 5.85. The van der Waals surface area contributed by atoms with Gasteiger partial charge >= 0.3 is 5.97 Å². The molecule has 1 atom stereocenters. The number of amides is 1. The normalized spacial score (nSPS) is 11.2. The van der Waals surface area contributed by atoms with Gasteiger partial charge in [0, 0.05) is 19.4 Å². The summed E-state index contributed by atoms with van der Waals surface area (Å²) in [4.78, 5) is 24.4. The maximum atomic E-state index is 12.3. The predicted octanol–water partition coefficient (Wildman–Crippen LogP) is 2.85. The van der Waals surface area contributed by atoms with Gasteiger partial charge < -0.3 is 19.5 Å². The van der Waals surface area contributed by atoms with E-state index in [1.54, 1.807) is 19.2 Å². The largest absolute Gasteiger partial charge is 0.497 e. The van der Waals surface area contributed by atoms with Crippen molar-refractivity contribution in [3.05, 3.63) is 65.7 Å². The van der Waals surface area contributed by atoms with Crippen molar-refractivity contribution < 1.29 is 23.8 Å². The summed E-state index contributed by atoms with van der Waals surface area (Å²) in [6.07, 6.45) is 7.93. The van der Waals surface area contributed by atoms with E-state index in [-0.39, 0.29) is 18.7 Å². The highest BCUT2D eigenvalue weighted by atomic mass is 16.5. The van der Waals surface area contributed by atoms with E-state index < -0.39 is 12.0 Å². The number of methoxy groups -OCH3 is 1. The lowest BCUT2D eigenvalue weighted by molar-refractivity contribution is -0.141. The molecule has 0 unspecified atom stereocenters. The molecular formula is C23H25NO5. The molecule has 152 valence electrons. The summed E-state index contributed by atoms with van der Waals surface area (Å²) < 4.78 is 15.4. The molecule has 0 aliphatic rings. The van der Waals surface area contributed by atoms with Crippen LogP contribution in [0.2, 0.25) is 0 Å². The molecule has 29 heavy (non-hydrogen) atoms. The van der Waals surface area contributed by atoms with Crippen molar-refractivity contribution in [2.45, 2.75) is 31.9 Å². The minimum absolute atomic E-state index is 0.229. The fourth-order valence-electron chi connectivity index (χ4n) is 2.72. The summed E-state index contributed by atoms with van der Waals surface area (Å²) >= 11 is 0. The van der Waals surface area contributed by atoms with Gasteiger partial charge in [-0.1, -0.05) is 48.9 Å². The van der Waals surface area contributed by atoms with E-state index in [9.17, 15) is 9.59 Å². The molecule has 2 rings (SSSR count). The molecule has 0 saturated heterocycles. The average molecular weight is 395 g/mol. The van der Waals surface area contributed by atoms with Crippen LogP contribution in [0.5, 0.6) is 5.75 Å². The number of terminal acetylenes is 1. The van der Waals surface area contributed by atoms with Crippen LogP contribution in [0, 0.1) is 12.5 Å². The van der Waals surface area contributed by atoms with Crippen molar-refractivity contribution >= 4 is 11.9 Å². The number of benzene rings is 2. The van der Waals surface area contributed by atoms with Crippen LogP contribution in [-0.2, 0) is 32.1 Å². The lowest BCUT2D eigenvalue weighted by Gasteiger charge is -2.16. The van der Waals surface area contributed by atoms with E-state index in [0.29, 0.717) is 25.4 Å². The number of nitrogens with one attached hydrogen (secondary N) is 1. The van der Waals surface area contributed by atoms with Gasteiger partial charge in [0.1, 0.15) is 17.9 Å². The third-order valence-electron chi connectivity index (χ3n) is 4.16. The molecule has 0 radical (unpaired) electrons. The molecule has 0 aliphatic heterocycles. The molecule has 0 aliphatic carbocycles. The minimum atomic E-state index is -0.879. The van der Waals surface area contributed by atoms with E-state index >= 15 is 0 Å². The standard InChI is InChI=1S/C23H25NO5/c1-3-29-23(26)21(16-19-11-7-12-20(15-19)27-2)24-22(25)13-8-14-28-17-18-9-5-4-6-10-18/h1,4-7,9-12,15,21H,8,13-14,16-17H2,2H3,(H,24,25)/t21-/m0/s1. The van der Waals surface area contributed by atoms with Gasteiger partial charge in [-0.3, -0.25) is 4.79 Å². The lowest BCUT2D eigenvalue weighted by atomic mass is 10.1. The van der Waals surface area contributed by atoms with Crippen molar-refractivity contribution in [2.24, 2.45) is 0 Å². The summed E-state index contributed by atoms with van der Waals surface area (Å²) in [7, 11) is 1.56. The summed E-state index contributed by atoms with van der Waals surface area (Å²) in [6.45, 7) is 0.938. The van der Waals surface area contributed by atoms with Gasteiger partial charge in [0.15, 0.2) is 0 Å². The molecule has 2 aromatic carbocycles. The first-order valence-corrected chi connectivity index (χ1v) is 9.32. The molecular weight excluding hydrogens is 370 g/mol. The van der Waals surface area contributed by atoms with Gasteiger partial charge in [-0.05, 0) is 29.7 Å². The maximum absolute atomic E-state index is 12.3. The Morgan fingerprint density at radius 1 is 1.10 bits per heavy atom. The number of ether oxygens (including phenoxy) is 3. The Hall–Kier alpha value is -3.30. The Morgan fingerprint density at radius 2 is 1.86 bits per heavy atom. The highest BCUT2D eigenvalue weighted by Crippen LogP contribution is 2.14. The molecule has 6 heteroatoms. The number of hydrogen-bond acceptors (Lipinski definition) is 5. The first-order valence-electron chi connectivity index (χ1n) is 9.32. The van der Waals surface area contributed by atoms with Crippen LogP contribution in [0.3, 0.4) is 0 Å². The summed E-state index contributed by atoms with van der Waals surface area (Å²) in [6, 6.07) is 16.2. The third-order valence-corrected chi connectivity index (χ3v) is 4.16. The second-order valence-electron chi connectivity index (χ2n) is 6.36. The van der Waals surface area contributed by atoms with Crippen molar-refractivity contribution in [3.8, 4) is 18.3 Å². The molecule has 0 fully saturated rings. The number of esters is 1. The first-order chi connectivity index (χ1) is 14.1. The zero-order valence-corrected chi connectivity index (χ0v) is 16.4. The molecule has 0 heterocycles. The van der Waals surface area contributed by atoms with Crippen molar-refractivity contribution in [1.82, 2.24) is 5.32 Å². The smallest absolute Gasteiger partial charge is 0.342 e. The Kier molecular flexibility index (Phi) is 9.26. The molecule has 2 aromatic rings. The SMILES string of the molecule is C#COC(=O)[C@H](Cc1cccc(OC)c1)NC(=O)CCCOCc1ccccc1. The van der Waals surface area contributed by atoms with Crippen molar-refractivity contribution in [3.63, 3.8) is 0 Å². The van der Waals surface area contributed by atoms with Crippen LogP contribution in [0.25, 0.3) is 0 Å². The summed E-state index contributed by atoms with van der Waals surface area (Å²) in [5.74, 6) is -0.285. The van der Waals surface area contributed by atoms with E-state index in [4.69, 9.17) is 15.9 Å². The van der Waals surface area contributed by atoms with E-state index in [2.05, 4.69) is 10.1 Å². The highest BCUT2D eigenvalue weighted by Gasteiger charge is 2.22. The van der Waals surface area contributed by atoms with Gasteiger partial charge in [-0.15, -0.1) is 0 Å². The van der Waals surface area contributed by atoms with Gasteiger partial charge in [0.05, 0.1) is 13.7 Å². The number of hydrogen-bond donors (Lipinski definition) is 1. The summed E-state index contributed by atoms with van der Waals surface area (Å²) in [5.41, 5.74) is 1.89. The van der Waals surface area contributed by atoms with Gasteiger partial charge in [0.25, 0.3) is 0 Å². The molecule has 0 saturated carbocycles. The Balaban J connectivity index is 1.81.